The number of fused-ring (bicyclic) bond motifs is 3. The fourth-order valence-electron chi connectivity index (χ4n) is 1.78. The Morgan fingerprint density at radius 3 is 2.80 bits per heavy atom. The third-order valence-corrected chi connectivity index (χ3v) is 2.45. The zero-order valence-corrected chi connectivity index (χ0v) is 7.86. The summed E-state index contributed by atoms with van der Waals surface area (Å²) in [7, 11) is 0. The van der Waals surface area contributed by atoms with Gasteiger partial charge in [-0.3, -0.25) is 5.10 Å². The Labute approximate surface area is 85.1 Å². The summed E-state index contributed by atoms with van der Waals surface area (Å²) in [5, 5.41) is 8.56. The van der Waals surface area contributed by atoms with Crippen LogP contribution in [-0.4, -0.2) is 15.2 Å². The highest BCUT2D eigenvalue weighted by atomic mass is 15.2. The molecule has 0 atom stereocenters. The van der Waals surface area contributed by atoms with Crippen LogP contribution in [0.15, 0.2) is 24.3 Å². The molecule has 15 heavy (non-hydrogen) atoms. The number of para-hydroxylation sites is 1. The highest BCUT2D eigenvalue weighted by Crippen LogP contribution is 2.29. The standard InChI is InChI=1S/C10H9N5/c11-9-7-5-3-1-2-4-6(5)13-10(12)8(7)14-15-9/h1-4H,(H2,12,13)(H3,11,14,15). The summed E-state index contributed by atoms with van der Waals surface area (Å²) in [4.78, 5) is 4.26. The molecule has 0 aliphatic rings. The van der Waals surface area contributed by atoms with Gasteiger partial charge < -0.3 is 11.5 Å². The van der Waals surface area contributed by atoms with E-state index >= 15 is 0 Å². The van der Waals surface area contributed by atoms with Crippen molar-refractivity contribution >= 4 is 33.4 Å². The monoisotopic (exact) mass is 199 g/mol. The molecular weight excluding hydrogens is 190 g/mol. The number of rotatable bonds is 0. The molecule has 0 radical (unpaired) electrons. The molecule has 0 aliphatic heterocycles. The van der Waals surface area contributed by atoms with Crippen molar-refractivity contribution in [2.45, 2.75) is 0 Å². The fourth-order valence-corrected chi connectivity index (χ4v) is 1.78. The van der Waals surface area contributed by atoms with Crippen molar-refractivity contribution in [3.8, 4) is 0 Å². The quantitative estimate of drug-likeness (QED) is 0.508. The minimum Gasteiger partial charge on any atom is -0.384 e. The molecule has 0 fully saturated rings. The Hall–Kier alpha value is -2.30. The molecule has 0 bridgehead atoms. The number of aromatic nitrogens is 3. The number of aromatic amines is 1. The third kappa shape index (κ3) is 0.969. The van der Waals surface area contributed by atoms with Crippen molar-refractivity contribution in [2.24, 2.45) is 0 Å². The topological polar surface area (TPSA) is 93.6 Å². The molecule has 0 aliphatic carbocycles. The van der Waals surface area contributed by atoms with Crippen LogP contribution in [0.2, 0.25) is 0 Å². The van der Waals surface area contributed by atoms with Crippen LogP contribution in [0.4, 0.5) is 11.6 Å². The summed E-state index contributed by atoms with van der Waals surface area (Å²) in [6, 6.07) is 7.70. The first-order valence-electron chi connectivity index (χ1n) is 4.55. The maximum absolute atomic E-state index is 5.81. The third-order valence-electron chi connectivity index (χ3n) is 2.45. The second-order valence-corrected chi connectivity index (χ2v) is 3.38. The molecule has 5 heteroatoms. The van der Waals surface area contributed by atoms with Crippen molar-refractivity contribution < 1.29 is 0 Å². The van der Waals surface area contributed by atoms with Crippen LogP contribution >= 0.6 is 0 Å². The number of nitrogens with one attached hydrogen (secondary N) is 1. The van der Waals surface area contributed by atoms with Crippen LogP contribution in [0.5, 0.6) is 0 Å². The van der Waals surface area contributed by atoms with Gasteiger partial charge in [0.05, 0.1) is 10.9 Å². The van der Waals surface area contributed by atoms with Crippen molar-refractivity contribution in [2.75, 3.05) is 11.5 Å². The maximum Gasteiger partial charge on any atom is 0.152 e. The number of benzene rings is 1. The van der Waals surface area contributed by atoms with Crippen LogP contribution < -0.4 is 11.5 Å². The van der Waals surface area contributed by atoms with E-state index in [9.17, 15) is 0 Å². The highest BCUT2D eigenvalue weighted by molar-refractivity contribution is 6.12. The molecule has 2 aromatic heterocycles. The smallest absolute Gasteiger partial charge is 0.152 e. The van der Waals surface area contributed by atoms with E-state index in [1.165, 1.54) is 0 Å². The van der Waals surface area contributed by atoms with Gasteiger partial charge in [-0.25, -0.2) is 4.98 Å². The van der Waals surface area contributed by atoms with Gasteiger partial charge in [0.25, 0.3) is 0 Å². The van der Waals surface area contributed by atoms with Crippen molar-refractivity contribution in [1.29, 1.82) is 0 Å². The Bertz CT molecular complexity index is 655. The molecule has 3 rings (SSSR count). The number of H-pyrrole nitrogens is 1. The van der Waals surface area contributed by atoms with Crippen LogP contribution in [0.25, 0.3) is 21.8 Å². The molecule has 0 amide bonds. The van der Waals surface area contributed by atoms with E-state index in [1.54, 1.807) is 0 Å². The molecule has 74 valence electrons. The molecule has 3 aromatic rings. The predicted molar refractivity (Wildman–Crippen MR) is 60.2 cm³/mol. The van der Waals surface area contributed by atoms with Crippen LogP contribution in [0, 0.1) is 0 Å². The number of hydrogen-bond donors (Lipinski definition) is 3. The van der Waals surface area contributed by atoms with Gasteiger partial charge in [-0.15, -0.1) is 0 Å². The molecule has 0 unspecified atom stereocenters. The van der Waals surface area contributed by atoms with Gasteiger partial charge in [-0.2, -0.15) is 5.10 Å². The number of pyridine rings is 1. The van der Waals surface area contributed by atoms with Gasteiger partial charge in [0.15, 0.2) is 5.82 Å². The Morgan fingerprint density at radius 1 is 1.13 bits per heavy atom. The number of nitrogens with zero attached hydrogens (tertiary/aromatic N) is 2. The lowest BCUT2D eigenvalue weighted by atomic mass is 10.1. The van der Waals surface area contributed by atoms with E-state index in [2.05, 4.69) is 15.2 Å². The number of hydrogen-bond acceptors (Lipinski definition) is 4. The Morgan fingerprint density at radius 2 is 1.93 bits per heavy atom. The van der Waals surface area contributed by atoms with E-state index in [4.69, 9.17) is 11.5 Å². The van der Waals surface area contributed by atoms with Crippen molar-refractivity contribution in [1.82, 2.24) is 15.2 Å². The van der Waals surface area contributed by atoms with Gasteiger partial charge in [-0.05, 0) is 6.07 Å². The maximum atomic E-state index is 5.81. The average molecular weight is 199 g/mol. The Balaban J connectivity index is 2.67. The molecule has 5 nitrogen and oxygen atoms in total. The first-order chi connectivity index (χ1) is 7.27. The number of anilines is 2. The summed E-state index contributed by atoms with van der Waals surface area (Å²) >= 11 is 0. The SMILES string of the molecule is Nc1nc2ccccc2c2c(N)[nH]nc12. The lowest BCUT2D eigenvalue weighted by Crippen LogP contribution is -1.93. The van der Waals surface area contributed by atoms with Crippen LogP contribution in [-0.2, 0) is 0 Å². The summed E-state index contributed by atoms with van der Waals surface area (Å²) in [5.74, 6) is 0.923. The molecule has 2 heterocycles. The van der Waals surface area contributed by atoms with E-state index < -0.39 is 0 Å². The second kappa shape index (κ2) is 2.60. The lowest BCUT2D eigenvalue weighted by Gasteiger charge is -2.00. The lowest BCUT2D eigenvalue weighted by molar-refractivity contribution is 1.12. The molecule has 0 spiro atoms. The summed E-state index contributed by atoms with van der Waals surface area (Å²) in [5.41, 5.74) is 13.1. The van der Waals surface area contributed by atoms with E-state index in [0.717, 1.165) is 16.3 Å². The van der Waals surface area contributed by atoms with E-state index in [-0.39, 0.29) is 0 Å². The summed E-state index contributed by atoms with van der Waals surface area (Å²) in [6.45, 7) is 0. The van der Waals surface area contributed by atoms with Crippen LogP contribution in [0.3, 0.4) is 0 Å². The fraction of sp³-hybridized carbons (Fsp3) is 0. The number of nitrogens with two attached hydrogens (primary N) is 2. The minimum absolute atomic E-state index is 0.400. The average Bonchev–Trinajstić information content (AvgIpc) is 2.62. The molecule has 0 saturated heterocycles. The van der Waals surface area contributed by atoms with Gasteiger partial charge in [0.1, 0.15) is 11.3 Å². The zero-order valence-electron chi connectivity index (χ0n) is 7.86. The first-order valence-corrected chi connectivity index (χ1v) is 4.55. The van der Waals surface area contributed by atoms with Crippen molar-refractivity contribution in [3.63, 3.8) is 0 Å². The Kier molecular flexibility index (Phi) is 1.39. The van der Waals surface area contributed by atoms with Gasteiger partial charge in [-0.1, -0.05) is 18.2 Å². The largest absolute Gasteiger partial charge is 0.384 e. The minimum atomic E-state index is 0.400. The highest BCUT2D eigenvalue weighted by Gasteiger charge is 2.10. The van der Waals surface area contributed by atoms with Gasteiger partial charge in [0, 0.05) is 5.39 Å². The first kappa shape index (κ1) is 8.05. The van der Waals surface area contributed by atoms with Gasteiger partial charge in [0.2, 0.25) is 0 Å². The zero-order chi connectivity index (χ0) is 10.4. The van der Waals surface area contributed by atoms with E-state index in [1.807, 2.05) is 24.3 Å². The molecule has 5 N–H and O–H groups in total. The van der Waals surface area contributed by atoms with Crippen LogP contribution in [0.1, 0.15) is 0 Å². The second-order valence-electron chi connectivity index (χ2n) is 3.38. The van der Waals surface area contributed by atoms with Crippen molar-refractivity contribution in [3.05, 3.63) is 24.3 Å². The molecule has 0 saturated carbocycles. The predicted octanol–water partition coefficient (Wildman–Crippen LogP) is 1.28. The molecular formula is C10H9N5. The summed E-state index contributed by atoms with van der Waals surface area (Å²) < 4.78 is 0. The summed E-state index contributed by atoms with van der Waals surface area (Å²) in [6.07, 6.45) is 0. The normalized spacial score (nSPS) is 11.2. The molecule has 1 aromatic carbocycles. The van der Waals surface area contributed by atoms with Gasteiger partial charge >= 0.3 is 0 Å². The van der Waals surface area contributed by atoms with E-state index in [0.29, 0.717) is 17.2 Å². The number of nitrogen functional groups attached to an aromatic ring is 2.